The van der Waals surface area contributed by atoms with Gasteiger partial charge in [0.1, 0.15) is 11.6 Å². The zero-order valence-electron chi connectivity index (χ0n) is 10.6. The third-order valence-corrected chi connectivity index (χ3v) is 2.83. The second-order valence-electron chi connectivity index (χ2n) is 4.04. The fourth-order valence-corrected chi connectivity index (χ4v) is 1.93. The van der Waals surface area contributed by atoms with Gasteiger partial charge in [0.05, 0.1) is 25.4 Å². The molecule has 19 heavy (non-hydrogen) atoms. The summed E-state index contributed by atoms with van der Waals surface area (Å²) in [7, 11) is 3.12. The number of hydrogen-bond donors (Lipinski definition) is 1. The number of halogens is 1. The van der Waals surface area contributed by atoms with Crippen molar-refractivity contribution in [1.82, 2.24) is 9.78 Å². The van der Waals surface area contributed by atoms with Gasteiger partial charge in [-0.25, -0.2) is 4.39 Å². The molecule has 6 heteroatoms. The summed E-state index contributed by atoms with van der Waals surface area (Å²) in [5.74, 6) is -0.915. The quantitative estimate of drug-likeness (QED) is 0.915. The van der Waals surface area contributed by atoms with Crippen molar-refractivity contribution in [3.8, 4) is 16.9 Å². The van der Waals surface area contributed by atoms with E-state index in [0.717, 1.165) is 0 Å². The third-order valence-electron chi connectivity index (χ3n) is 2.83. The SMILES string of the molecule is COc1ccc(F)cc1-c1cnn(C)c1CC(=O)O. The average molecular weight is 264 g/mol. The van der Waals surface area contributed by atoms with Gasteiger partial charge in [0.2, 0.25) is 0 Å². The molecule has 0 amide bonds. The van der Waals surface area contributed by atoms with Crippen molar-refractivity contribution in [2.75, 3.05) is 7.11 Å². The maximum atomic E-state index is 13.4. The molecule has 1 aromatic carbocycles. The van der Waals surface area contributed by atoms with E-state index in [1.165, 1.54) is 36.2 Å². The van der Waals surface area contributed by atoms with Crippen LogP contribution in [0.15, 0.2) is 24.4 Å². The Labute approximate surface area is 109 Å². The summed E-state index contributed by atoms with van der Waals surface area (Å²) in [5, 5.41) is 12.9. The molecular weight excluding hydrogens is 251 g/mol. The standard InChI is InChI=1S/C13H13FN2O3/c1-16-11(6-13(17)18)10(7-15-16)9-5-8(14)3-4-12(9)19-2/h3-5,7H,6H2,1-2H3,(H,17,18). The second-order valence-corrected chi connectivity index (χ2v) is 4.04. The Hall–Kier alpha value is -2.37. The number of ether oxygens (including phenoxy) is 1. The molecule has 0 saturated heterocycles. The van der Waals surface area contributed by atoms with Gasteiger partial charge in [0.15, 0.2) is 0 Å². The summed E-state index contributed by atoms with van der Waals surface area (Å²) in [6.07, 6.45) is 1.32. The summed E-state index contributed by atoms with van der Waals surface area (Å²) in [4.78, 5) is 10.9. The molecule has 0 aliphatic rings. The lowest BCUT2D eigenvalue weighted by atomic mass is 10.0. The minimum atomic E-state index is -0.972. The molecule has 2 aromatic rings. The second kappa shape index (κ2) is 5.09. The van der Waals surface area contributed by atoms with Crippen LogP contribution in [0.2, 0.25) is 0 Å². The van der Waals surface area contributed by atoms with Crippen LogP contribution in [0.25, 0.3) is 11.1 Å². The number of aromatic nitrogens is 2. The highest BCUT2D eigenvalue weighted by atomic mass is 19.1. The lowest BCUT2D eigenvalue weighted by Gasteiger charge is -2.09. The molecule has 0 bridgehead atoms. The highest BCUT2D eigenvalue weighted by Gasteiger charge is 2.17. The molecule has 0 fully saturated rings. The number of carbonyl (C=O) groups is 1. The fourth-order valence-electron chi connectivity index (χ4n) is 1.93. The summed E-state index contributed by atoms with van der Waals surface area (Å²) in [6.45, 7) is 0. The Morgan fingerprint density at radius 3 is 2.84 bits per heavy atom. The van der Waals surface area contributed by atoms with Crippen molar-refractivity contribution in [3.05, 3.63) is 35.9 Å². The fraction of sp³-hybridized carbons (Fsp3) is 0.231. The maximum Gasteiger partial charge on any atom is 0.309 e. The van der Waals surface area contributed by atoms with E-state index in [1.807, 2.05) is 0 Å². The Balaban J connectivity index is 2.58. The van der Waals surface area contributed by atoms with Crippen LogP contribution >= 0.6 is 0 Å². The zero-order chi connectivity index (χ0) is 14.0. The van der Waals surface area contributed by atoms with Gasteiger partial charge in [-0.15, -0.1) is 0 Å². The monoisotopic (exact) mass is 264 g/mol. The first-order chi connectivity index (χ1) is 9.02. The molecule has 0 aliphatic heterocycles. The molecule has 0 atom stereocenters. The van der Waals surface area contributed by atoms with Crippen molar-refractivity contribution in [2.24, 2.45) is 7.05 Å². The van der Waals surface area contributed by atoms with Crippen molar-refractivity contribution in [2.45, 2.75) is 6.42 Å². The number of carboxylic acids is 1. The number of rotatable bonds is 4. The van der Waals surface area contributed by atoms with Gasteiger partial charge in [-0.05, 0) is 18.2 Å². The molecule has 2 rings (SSSR count). The van der Waals surface area contributed by atoms with Crippen molar-refractivity contribution >= 4 is 5.97 Å². The lowest BCUT2D eigenvalue weighted by molar-refractivity contribution is -0.136. The van der Waals surface area contributed by atoms with E-state index >= 15 is 0 Å². The Bertz CT molecular complexity index is 622. The molecule has 1 heterocycles. The smallest absolute Gasteiger partial charge is 0.309 e. The van der Waals surface area contributed by atoms with Crippen LogP contribution in [0.3, 0.4) is 0 Å². The number of nitrogens with zero attached hydrogens (tertiary/aromatic N) is 2. The van der Waals surface area contributed by atoms with Crippen LogP contribution in [-0.4, -0.2) is 28.0 Å². The van der Waals surface area contributed by atoms with E-state index in [2.05, 4.69) is 5.10 Å². The molecule has 100 valence electrons. The molecule has 0 aliphatic carbocycles. The van der Waals surface area contributed by atoms with Crippen LogP contribution in [0.5, 0.6) is 5.75 Å². The predicted octanol–water partition coefficient (Wildman–Crippen LogP) is 1.86. The van der Waals surface area contributed by atoms with E-state index in [4.69, 9.17) is 9.84 Å². The minimum absolute atomic E-state index is 0.189. The summed E-state index contributed by atoms with van der Waals surface area (Å²) in [5.41, 5.74) is 1.55. The normalized spacial score (nSPS) is 10.5. The molecular formula is C13H13FN2O3. The highest BCUT2D eigenvalue weighted by molar-refractivity contribution is 5.77. The lowest BCUT2D eigenvalue weighted by Crippen LogP contribution is -2.07. The summed E-state index contributed by atoms with van der Waals surface area (Å²) in [6, 6.07) is 4.10. The number of carboxylic acid groups (broad SMARTS) is 1. The molecule has 1 aromatic heterocycles. The molecule has 0 unspecified atom stereocenters. The van der Waals surface area contributed by atoms with Gasteiger partial charge in [0.25, 0.3) is 0 Å². The number of methoxy groups -OCH3 is 1. The molecule has 0 saturated carbocycles. The average Bonchev–Trinajstić information content (AvgIpc) is 2.70. The van der Waals surface area contributed by atoms with Crippen LogP contribution < -0.4 is 4.74 Å². The van der Waals surface area contributed by atoms with Gasteiger partial charge < -0.3 is 9.84 Å². The summed E-state index contributed by atoms with van der Waals surface area (Å²) < 4.78 is 20.0. The van der Waals surface area contributed by atoms with Crippen molar-refractivity contribution in [3.63, 3.8) is 0 Å². The first-order valence-corrected chi connectivity index (χ1v) is 5.59. The number of aliphatic carboxylic acids is 1. The third kappa shape index (κ3) is 2.57. The van der Waals surface area contributed by atoms with E-state index in [1.54, 1.807) is 7.05 Å². The van der Waals surface area contributed by atoms with E-state index < -0.39 is 11.8 Å². The van der Waals surface area contributed by atoms with E-state index in [-0.39, 0.29) is 6.42 Å². The zero-order valence-corrected chi connectivity index (χ0v) is 10.6. The predicted molar refractivity (Wildman–Crippen MR) is 66.5 cm³/mol. The Morgan fingerprint density at radius 2 is 2.21 bits per heavy atom. The molecule has 0 spiro atoms. The minimum Gasteiger partial charge on any atom is -0.496 e. The van der Waals surface area contributed by atoms with E-state index in [9.17, 15) is 9.18 Å². The molecule has 1 N–H and O–H groups in total. The molecule has 0 radical (unpaired) electrons. The first kappa shape index (κ1) is 13.1. The van der Waals surface area contributed by atoms with Gasteiger partial charge >= 0.3 is 5.97 Å². The van der Waals surface area contributed by atoms with Crippen LogP contribution in [0.4, 0.5) is 4.39 Å². The van der Waals surface area contributed by atoms with E-state index in [0.29, 0.717) is 22.6 Å². The largest absolute Gasteiger partial charge is 0.496 e. The number of aryl methyl sites for hydroxylation is 1. The topological polar surface area (TPSA) is 64.4 Å². The number of benzene rings is 1. The van der Waals surface area contributed by atoms with Crippen LogP contribution in [-0.2, 0) is 18.3 Å². The number of hydrogen-bond acceptors (Lipinski definition) is 3. The molecule has 5 nitrogen and oxygen atoms in total. The van der Waals surface area contributed by atoms with Gasteiger partial charge in [-0.3, -0.25) is 9.48 Å². The van der Waals surface area contributed by atoms with Crippen molar-refractivity contribution in [1.29, 1.82) is 0 Å². The van der Waals surface area contributed by atoms with Gasteiger partial charge in [0, 0.05) is 18.2 Å². The van der Waals surface area contributed by atoms with Gasteiger partial charge in [-0.2, -0.15) is 5.10 Å². The first-order valence-electron chi connectivity index (χ1n) is 5.59. The van der Waals surface area contributed by atoms with Crippen LogP contribution in [0, 0.1) is 5.82 Å². The van der Waals surface area contributed by atoms with Crippen molar-refractivity contribution < 1.29 is 19.0 Å². The van der Waals surface area contributed by atoms with Gasteiger partial charge in [-0.1, -0.05) is 0 Å². The maximum absolute atomic E-state index is 13.4. The Kier molecular flexibility index (Phi) is 3.50. The highest BCUT2D eigenvalue weighted by Crippen LogP contribution is 2.32. The van der Waals surface area contributed by atoms with Crippen LogP contribution in [0.1, 0.15) is 5.69 Å². The summed E-state index contributed by atoms with van der Waals surface area (Å²) >= 11 is 0. The Morgan fingerprint density at radius 1 is 1.47 bits per heavy atom.